The van der Waals surface area contributed by atoms with Gasteiger partial charge in [0.15, 0.2) is 0 Å². The van der Waals surface area contributed by atoms with Crippen LogP contribution in [0.5, 0.6) is 0 Å². The third-order valence-corrected chi connectivity index (χ3v) is 5.04. The van der Waals surface area contributed by atoms with Gasteiger partial charge in [0.25, 0.3) is 0 Å². The molecule has 3 atom stereocenters. The Balaban J connectivity index is 1.75. The quantitative estimate of drug-likeness (QED) is 0.829. The summed E-state index contributed by atoms with van der Waals surface area (Å²) in [5.41, 5.74) is 0. The molecule has 0 aromatic heterocycles. The molecule has 0 aromatic rings. The molecule has 2 fully saturated rings. The topological polar surface area (TPSA) is 39.1 Å². The van der Waals surface area contributed by atoms with E-state index < -0.39 is 0 Å². The summed E-state index contributed by atoms with van der Waals surface area (Å²) in [6.07, 6.45) is 7.41. The van der Waals surface area contributed by atoms with Crippen LogP contribution >= 0.6 is 0 Å². The first kappa shape index (κ1) is 14.8. The smallest absolute Gasteiger partial charge is 0.0672 e. The summed E-state index contributed by atoms with van der Waals surface area (Å²) in [6.45, 7) is 8.37. The fourth-order valence-electron chi connectivity index (χ4n) is 3.78. The zero-order valence-corrected chi connectivity index (χ0v) is 12.6. The summed E-state index contributed by atoms with van der Waals surface area (Å²) in [4.78, 5) is 2.59. The van der Waals surface area contributed by atoms with Crippen molar-refractivity contribution in [1.82, 2.24) is 10.2 Å². The Bertz CT molecular complexity index is 302. The minimum absolute atomic E-state index is 0.252. The molecule has 0 bridgehead atoms. The summed E-state index contributed by atoms with van der Waals surface area (Å²) >= 11 is 0. The van der Waals surface area contributed by atoms with Crippen molar-refractivity contribution in [3.05, 3.63) is 0 Å². The number of nitrogens with zero attached hydrogens (tertiary/aromatic N) is 2. The van der Waals surface area contributed by atoms with Gasteiger partial charge in [-0.3, -0.25) is 0 Å². The molecule has 1 saturated carbocycles. The van der Waals surface area contributed by atoms with Gasteiger partial charge in [0.1, 0.15) is 0 Å². The van der Waals surface area contributed by atoms with Crippen LogP contribution in [0, 0.1) is 23.2 Å². The van der Waals surface area contributed by atoms with Gasteiger partial charge in [0.05, 0.1) is 12.0 Å². The molecule has 2 rings (SSSR count). The van der Waals surface area contributed by atoms with Crippen molar-refractivity contribution in [3.8, 4) is 6.07 Å². The van der Waals surface area contributed by atoms with Gasteiger partial charge in [-0.1, -0.05) is 13.3 Å². The lowest BCUT2D eigenvalue weighted by molar-refractivity contribution is 0.157. The van der Waals surface area contributed by atoms with Crippen LogP contribution in [0.4, 0.5) is 0 Å². The van der Waals surface area contributed by atoms with Crippen molar-refractivity contribution < 1.29 is 0 Å². The molecule has 0 aromatic carbocycles. The molecule has 0 spiro atoms. The average molecular weight is 263 g/mol. The van der Waals surface area contributed by atoms with Crippen molar-refractivity contribution in [3.63, 3.8) is 0 Å². The predicted octanol–water partition coefficient (Wildman–Crippen LogP) is 2.78. The van der Waals surface area contributed by atoms with Gasteiger partial charge in [0.2, 0.25) is 0 Å². The molecule has 0 radical (unpaired) electrons. The summed E-state index contributed by atoms with van der Waals surface area (Å²) in [5, 5.41) is 12.9. The first-order valence-electron chi connectivity index (χ1n) is 8.12. The van der Waals surface area contributed by atoms with Gasteiger partial charge in [0, 0.05) is 12.1 Å². The van der Waals surface area contributed by atoms with E-state index in [1.165, 1.54) is 51.7 Å². The minimum Gasteiger partial charge on any atom is -0.310 e. The Hall–Kier alpha value is -0.590. The lowest BCUT2D eigenvalue weighted by Gasteiger charge is -2.36. The average Bonchev–Trinajstić information content (AvgIpc) is 2.87. The lowest BCUT2D eigenvalue weighted by Crippen LogP contribution is -2.46. The standard InChI is InChI=1S/C16H29N3/c1-3-9-19-10-7-14(8-11-19)13(2)18-16-6-4-5-15(16)12-17/h13-16,18H,3-11H2,1-2H3. The third kappa shape index (κ3) is 3.94. The fourth-order valence-corrected chi connectivity index (χ4v) is 3.78. The van der Waals surface area contributed by atoms with Gasteiger partial charge in [-0.15, -0.1) is 0 Å². The molecule has 3 nitrogen and oxygen atoms in total. The van der Waals surface area contributed by atoms with Gasteiger partial charge in [-0.2, -0.15) is 5.26 Å². The molecule has 1 heterocycles. The minimum atomic E-state index is 0.252. The molecule has 3 unspecified atom stereocenters. The largest absolute Gasteiger partial charge is 0.310 e. The molecule has 1 saturated heterocycles. The number of rotatable bonds is 5. The van der Waals surface area contributed by atoms with Crippen LogP contribution in [-0.4, -0.2) is 36.6 Å². The van der Waals surface area contributed by atoms with E-state index in [0.717, 1.165) is 12.3 Å². The highest BCUT2D eigenvalue weighted by Crippen LogP contribution is 2.27. The van der Waals surface area contributed by atoms with Crippen LogP contribution in [0.2, 0.25) is 0 Å². The molecule has 108 valence electrons. The number of likely N-dealkylation sites (tertiary alicyclic amines) is 1. The van der Waals surface area contributed by atoms with Crippen LogP contribution in [0.15, 0.2) is 0 Å². The van der Waals surface area contributed by atoms with Crippen molar-refractivity contribution in [1.29, 1.82) is 5.26 Å². The first-order chi connectivity index (χ1) is 9.24. The Kier molecular flexibility index (Phi) is 5.66. The Labute approximate surface area is 118 Å². The van der Waals surface area contributed by atoms with Crippen molar-refractivity contribution >= 4 is 0 Å². The maximum Gasteiger partial charge on any atom is 0.0672 e. The van der Waals surface area contributed by atoms with E-state index in [9.17, 15) is 0 Å². The second-order valence-electron chi connectivity index (χ2n) is 6.41. The van der Waals surface area contributed by atoms with E-state index in [0.29, 0.717) is 12.1 Å². The van der Waals surface area contributed by atoms with E-state index in [4.69, 9.17) is 5.26 Å². The van der Waals surface area contributed by atoms with E-state index in [-0.39, 0.29) is 5.92 Å². The number of hydrogen-bond donors (Lipinski definition) is 1. The summed E-state index contributed by atoms with van der Waals surface area (Å²) in [6, 6.07) is 3.50. The third-order valence-electron chi connectivity index (χ3n) is 5.04. The van der Waals surface area contributed by atoms with Crippen molar-refractivity contribution in [2.45, 2.75) is 64.5 Å². The molecule has 19 heavy (non-hydrogen) atoms. The summed E-state index contributed by atoms with van der Waals surface area (Å²) < 4.78 is 0. The maximum absolute atomic E-state index is 9.16. The highest BCUT2D eigenvalue weighted by molar-refractivity contribution is 4.98. The molecule has 2 aliphatic rings. The van der Waals surface area contributed by atoms with E-state index >= 15 is 0 Å². The molecule has 1 N–H and O–H groups in total. The number of nitrogens with one attached hydrogen (secondary N) is 1. The highest BCUT2D eigenvalue weighted by Gasteiger charge is 2.31. The second-order valence-corrected chi connectivity index (χ2v) is 6.41. The Morgan fingerprint density at radius 2 is 2.00 bits per heavy atom. The lowest BCUT2D eigenvalue weighted by atomic mass is 9.89. The second kappa shape index (κ2) is 7.26. The summed E-state index contributed by atoms with van der Waals surface area (Å²) in [5.74, 6) is 1.05. The number of hydrogen-bond acceptors (Lipinski definition) is 3. The van der Waals surface area contributed by atoms with Crippen LogP contribution < -0.4 is 5.32 Å². The van der Waals surface area contributed by atoms with Crippen LogP contribution in [0.25, 0.3) is 0 Å². The summed E-state index contributed by atoms with van der Waals surface area (Å²) in [7, 11) is 0. The zero-order valence-electron chi connectivity index (χ0n) is 12.6. The van der Waals surface area contributed by atoms with Gasteiger partial charge in [-0.25, -0.2) is 0 Å². The molecular formula is C16H29N3. The van der Waals surface area contributed by atoms with Crippen LogP contribution in [0.3, 0.4) is 0 Å². The maximum atomic E-state index is 9.16. The van der Waals surface area contributed by atoms with E-state index in [1.54, 1.807) is 0 Å². The molecule has 0 amide bonds. The normalized spacial score (nSPS) is 31.2. The molecule has 1 aliphatic carbocycles. The number of piperidine rings is 1. The molecular weight excluding hydrogens is 234 g/mol. The van der Waals surface area contributed by atoms with Crippen LogP contribution in [-0.2, 0) is 0 Å². The fraction of sp³-hybridized carbons (Fsp3) is 0.938. The zero-order chi connectivity index (χ0) is 13.7. The SMILES string of the molecule is CCCN1CCC(C(C)NC2CCCC2C#N)CC1. The van der Waals surface area contributed by atoms with Gasteiger partial charge >= 0.3 is 0 Å². The highest BCUT2D eigenvalue weighted by atomic mass is 15.1. The molecule has 3 heteroatoms. The van der Waals surface area contributed by atoms with Crippen molar-refractivity contribution in [2.75, 3.05) is 19.6 Å². The van der Waals surface area contributed by atoms with Gasteiger partial charge < -0.3 is 10.2 Å². The van der Waals surface area contributed by atoms with Crippen LogP contribution in [0.1, 0.15) is 52.4 Å². The van der Waals surface area contributed by atoms with E-state index in [2.05, 4.69) is 30.1 Å². The first-order valence-corrected chi connectivity index (χ1v) is 8.12. The Morgan fingerprint density at radius 1 is 1.26 bits per heavy atom. The van der Waals surface area contributed by atoms with Crippen molar-refractivity contribution in [2.24, 2.45) is 11.8 Å². The molecule has 1 aliphatic heterocycles. The number of nitriles is 1. The monoisotopic (exact) mass is 263 g/mol. The predicted molar refractivity (Wildman–Crippen MR) is 78.8 cm³/mol. The van der Waals surface area contributed by atoms with Gasteiger partial charge in [-0.05, 0) is 64.6 Å². The Morgan fingerprint density at radius 3 is 2.63 bits per heavy atom. The van der Waals surface area contributed by atoms with E-state index in [1.807, 2.05) is 0 Å².